The SMILES string of the molecule is N.N.N.N.N.N.[Cl-].[Cl-].[Cl-].[Co+3]. The quantitative estimate of drug-likeness (QED) is 0.250. The summed E-state index contributed by atoms with van der Waals surface area (Å²) in [7, 11) is 0. The van der Waals surface area contributed by atoms with Crippen molar-refractivity contribution >= 4 is 0 Å². The number of hydrogen-bond acceptors (Lipinski definition) is 6. The minimum atomic E-state index is 0. The molecule has 0 spiro atoms. The first-order valence-corrected chi connectivity index (χ1v) is 0. The van der Waals surface area contributed by atoms with E-state index >= 15 is 0 Å². The Morgan fingerprint density at radius 2 is 0.300 bits per heavy atom. The molecule has 0 aromatic carbocycles. The van der Waals surface area contributed by atoms with Crippen molar-refractivity contribution in [2.24, 2.45) is 0 Å². The van der Waals surface area contributed by atoms with Gasteiger partial charge in [-0.2, -0.15) is 0 Å². The van der Waals surface area contributed by atoms with Gasteiger partial charge in [0.05, 0.1) is 0 Å². The molecule has 10 heteroatoms. The van der Waals surface area contributed by atoms with E-state index < -0.39 is 0 Å². The molecular weight excluding hydrogens is 249 g/mol. The van der Waals surface area contributed by atoms with Crippen LogP contribution >= 0.6 is 0 Å². The molecule has 10 heavy (non-hydrogen) atoms. The molecule has 0 aromatic heterocycles. The van der Waals surface area contributed by atoms with Gasteiger partial charge in [0, 0.05) is 0 Å². The van der Waals surface area contributed by atoms with E-state index in [2.05, 4.69) is 0 Å². The average Bonchev–Trinajstić information content (AvgIpc) is 0. The Labute approximate surface area is 91.0 Å². The largest absolute Gasteiger partial charge is 3.00 e. The maximum absolute atomic E-state index is 0. The molecule has 0 unspecified atom stereocenters. The fraction of sp³-hybridized carbons (Fsp3) is 0. The smallest absolute Gasteiger partial charge is 1.00 e. The third-order valence-corrected chi connectivity index (χ3v) is 0. The zero-order valence-corrected chi connectivity index (χ0v) is 9.02. The van der Waals surface area contributed by atoms with E-state index in [1.165, 1.54) is 0 Å². The van der Waals surface area contributed by atoms with Gasteiger partial charge < -0.3 is 74.1 Å². The van der Waals surface area contributed by atoms with Gasteiger partial charge in [-0.05, 0) is 0 Å². The normalized spacial score (nSPS) is 0. The van der Waals surface area contributed by atoms with Crippen LogP contribution < -0.4 is 74.1 Å². The second-order valence-corrected chi connectivity index (χ2v) is 0. The molecule has 78 valence electrons. The summed E-state index contributed by atoms with van der Waals surface area (Å²) in [6.07, 6.45) is 0. The summed E-state index contributed by atoms with van der Waals surface area (Å²) in [4.78, 5) is 0. The van der Waals surface area contributed by atoms with Crippen LogP contribution in [-0.2, 0) is 16.8 Å². The molecule has 0 radical (unpaired) electrons. The molecule has 0 rings (SSSR count). The molecule has 0 aliphatic carbocycles. The van der Waals surface area contributed by atoms with Crippen LogP contribution in [0.5, 0.6) is 0 Å². The van der Waals surface area contributed by atoms with Crippen molar-refractivity contribution in [3.8, 4) is 0 Å². The number of hydrogen-bond donors (Lipinski definition) is 6. The molecule has 0 atom stereocenters. The topological polar surface area (TPSA) is 210 Å². The summed E-state index contributed by atoms with van der Waals surface area (Å²) in [6, 6.07) is 0. The Kier molecular flexibility index (Phi) is 58000. The van der Waals surface area contributed by atoms with Crippen molar-refractivity contribution in [3.63, 3.8) is 0 Å². The van der Waals surface area contributed by atoms with Gasteiger partial charge >= 0.3 is 16.8 Å². The number of halogens is 3. The Morgan fingerprint density at radius 3 is 0.300 bits per heavy atom. The van der Waals surface area contributed by atoms with Crippen molar-refractivity contribution in [2.45, 2.75) is 0 Å². The second kappa shape index (κ2) is 655. The van der Waals surface area contributed by atoms with Gasteiger partial charge in [-0.25, -0.2) is 0 Å². The summed E-state index contributed by atoms with van der Waals surface area (Å²) < 4.78 is 0. The summed E-state index contributed by atoms with van der Waals surface area (Å²) >= 11 is 0. The minimum Gasteiger partial charge on any atom is -1.00 e. The van der Waals surface area contributed by atoms with Crippen LogP contribution in [0.2, 0.25) is 0 Å². The molecule has 18 N–H and O–H groups in total. The van der Waals surface area contributed by atoms with E-state index in [9.17, 15) is 0 Å². The monoisotopic (exact) mass is 266 g/mol. The van der Waals surface area contributed by atoms with E-state index in [1.807, 2.05) is 0 Å². The molecule has 0 heterocycles. The third-order valence-electron chi connectivity index (χ3n) is 0. The second-order valence-electron chi connectivity index (χ2n) is 0. The van der Waals surface area contributed by atoms with Crippen molar-refractivity contribution in [2.75, 3.05) is 0 Å². The molecule has 0 aliphatic heterocycles. The van der Waals surface area contributed by atoms with Crippen molar-refractivity contribution in [1.29, 1.82) is 0 Å². The summed E-state index contributed by atoms with van der Waals surface area (Å²) in [5.74, 6) is 0. The van der Waals surface area contributed by atoms with E-state index in [-0.39, 0.29) is 90.9 Å². The third kappa shape index (κ3) is 468. The molecule has 0 fully saturated rings. The van der Waals surface area contributed by atoms with Gasteiger partial charge in [-0.1, -0.05) is 0 Å². The van der Waals surface area contributed by atoms with E-state index in [1.54, 1.807) is 0 Å². The van der Waals surface area contributed by atoms with Gasteiger partial charge in [-0.3, -0.25) is 0 Å². The summed E-state index contributed by atoms with van der Waals surface area (Å²) in [5, 5.41) is 0. The van der Waals surface area contributed by atoms with Crippen LogP contribution in [0.3, 0.4) is 0 Å². The molecular formula is H18Cl3CoN6. The van der Waals surface area contributed by atoms with E-state index in [0.717, 1.165) is 0 Å². The molecule has 0 saturated carbocycles. The minimum absolute atomic E-state index is 0. The summed E-state index contributed by atoms with van der Waals surface area (Å²) in [6.45, 7) is 0. The Balaban J connectivity index is 0. The Morgan fingerprint density at radius 1 is 0.300 bits per heavy atom. The maximum Gasteiger partial charge on any atom is 3.00 e. The molecule has 0 amide bonds. The molecule has 0 aromatic rings. The maximum atomic E-state index is 0. The first-order chi connectivity index (χ1) is 0. The first-order valence-electron chi connectivity index (χ1n) is 0. The zero-order valence-electron chi connectivity index (χ0n) is 5.71. The fourth-order valence-corrected chi connectivity index (χ4v) is 0. The van der Waals surface area contributed by atoms with Gasteiger partial charge in [0.2, 0.25) is 0 Å². The predicted molar refractivity (Wildman–Crippen MR) is 30.1 cm³/mol. The predicted octanol–water partition coefficient (Wildman–Crippen LogP) is -8.02. The van der Waals surface area contributed by atoms with Crippen LogP contribution in [-0.4, -0.2) is 0 Å². The van der Waals surface area contributed by atoms with Crippen LogP contribution in [0.15, 0.2) is 0 Å². The molecule has 0 bridgehead atoms. The Bertz CT molecular complexity index is 13.0. The molecule has 0 saturated heterocycles. The van der Waals surface area contributed by atoms with Crippen LogP contribution in [0.4, 0.5) is 0 Å². The van der Waals surface area contributed by atoms with Crippen LogP contribution in [0.1, 0.15) is 0 Å². The van der Waals surface area contributed by atoms with Crippen LogP contribution in [0, 0.1) is 0 Å². The van der Waals surface area contributed by atoms with Gasteiger partial charge in [0.15, 0.2) is 0 Å². The fourth-order valence-electron chi connectivity index (χ4n) is 0. The molecule has 6 nitrogen and oxygen atoms in total. The van der Waals surface area contributed by atoms with Crippen molar-refractivity contribution in [3.05, 3.63) is 0 Å². The zero-order chi connectivity index (χ0) is 0. The standard InChI is InChI=1S/3ClH.Co.6H3N/h3*1H;;6*1H3/q;;;+3;;;;;;/p-3. The number of rotatable bonds is 0. The van der Waals surface area contributed by atoms with E-state index in [4.69, 9.17) is 0 Å². The average molecular weight is 267 g/mol. The molecule has 0 aliphatic rings. The van der Waals surface area contributed by atoms with E-state index in [0.29, 0.717) is 0 Å². The first kappa shape index (κ1) is 886. The van der Waals surface area contributed by atoms with Crippen LogP contribution in [0.25, 0.3) is 0 Å². The summed E-state index contributed by atoms with van der Waals surface area (Å²) in [5.41, 5.74) is 0. The van der Waals surface area contributed by atoms with Gasteiger partial charge in [-0.15, -0.1) is 0 Å². The van der Waals surface area contributed by atoms with Crippen molar-refractivity contribution < 1.29 is 54.0 Å². The Hall–Kier alpha value is 1.14. The van der Waals surface area contributed by atoms with Crippen molar-refractivity contribution in [1.82, 2.24) is 36.9 Å². The van der Waals surface area contributed by atoms with Gasteiger partial charge in [0.1, 0.15) is 0 Å². The van der Waals surface area contributed by atoms with Gasteiger partial charge in [0.25, 0.3) is 0 Å².